The summed E-state index contributed by atoms with van der Waals surface area (Å²) in [5.74, 6) is 1.26. The Labute approximate surface area is 138 Å². The van der Waals surface area contributed by atoms with E-state index in [1.807, 2.05) is 16.7 Å². The zero-order valence-electron chi connectivity index (χ0n) is 13.6. The van der Waals surface area contributed by atoms with Crippen molar-refractivity contribution in [2.24, 2.45) is 0 Å². The topological polar surface area (TPSA) is 61.4 Å². The number of urea groups is 1. The van der Waals surface area contributed by atoms with E-state index in [0.29, 0.717) is 24.3 Å². The van der Waals surface area contributed by atoms with Crippen molar-refractivity contribution in [3.63, 3.8) is 0 Å². The molecule has 0 spiro atoms. The van der Waals surface area contributed by atoms with Crippen molar-refractivity contribution in [1.82, 2.24) is 15.5 Å². The highest BCUT2D eigenvalue weighted by Crippen LogP contribution is 2.18. The zero-order valence-corrected chi connectivity index (χ0v) is 14.4. The lowest BCUT2D eigenvalue weighted by Gasteiger charge is -2.30. The number of rotatable bonds is 5. The first-order chi connectivity index (χ1) is 10.6. The number of amides is 3. The molecule has 0 bridgehead atoms. The van der Waals surface area contributed by atoms with E-state index < -0.39 is 0 Å². The van der Waals surface area contributed by atoms with Gasteiger partial charge in [-0.2, -0.15) is 11.8 Å². The van der Waals surface area contributed by atoms with Gasteiger partial charge in [0.25, 0.3) is 0 Å². The molecule has 22 heavy (non-hydrogen) atoms. The van der Waals surface area contributed by atoms with Crippen LogP contribution < -0.4 is 10.6 Å². The van der Waals surface area contributed by atoms with Crippen LogP contribution in [0.25, 0.3) is 0 Å². The predicted molar refractivity (Wildman–Crippen MR) is 91.1 cm³/mol. The van der Waals surface area contributed by atoms with E-state index in [1.54, 1.807) is 0 Å². The number of hydrogen-bond donors (Lipinski definition) is 2. The third-order valence-electron chi connectivity index (χ3n) is 4.39. The van der Waals surface area contributed by atoms with Crippen molar-refractivity contribution in [1.29, 1.82) is 0 Å². The molecule has 0 radical (unpaired) electrons. The van der Waals surface area contributed by atoms with Gasteiger partial charge in [0.15, 0.2) is 0 Å². The monoisotopic (exact) mass is 327 g/mol. The number of hydrogen-bond acceptors (Lipinski definition) is 3. The third kappa shape index (κ3) is 6.07. The average Bonchev–Trinajstić information content (AvgIpc) is 2.52. The van der Waals surface area contributed by atoms with Gasteiger partial charge >= 0.3 is 6.03 Å². The number of thioether (sulfide) groups is 1. The van der Waals surface area contributed by atoms with Crippen molar-refractivity contribution < 1.29 is 9.59 Å². The first kappa shape index (κ1) is 17.4. The van der Waals surface area contributed by atoms with Gasteiger partial charge in [0.05, 0.1) is 0 Å². The maximum absolute atomic E-state index is 12.1. The van der Waals surface area contributed by atoms with Crippen molar-refractivity contribution in [2.75, 3.05) is 25.4 Å². The molecule has 3 amide bonds. The summed E-state index contributed by atoms with van der Waals surface area (Å²) in [7, 11) is 0. The van der Waals surface area contributed by atoms with Gasteiger partial charge < -0.3 is 15.5 Å². The predicted octanol–water partition coefficient (Wildman–Crippen LogP) is 2.36. The normalized spacial score (nSPS) is 23.1. The first-order valence-electron chi connectivity index (χ1n) is 8.59. The molecule has 6 heteroatoms. The van der Waals surface area contributed by atoms with Crippen LogP contribution in [0.3, 0.4) is 0 Å². The number of nitrogens with one attached hydrogen (secondary N) is 2. The Balaban J connectivity index is 1.54. The van der Waals surface area contributed by atoms with E-state index >= 15 is 0 Å². The molecule has 0 aromatic rings. The van der Waals surface area contributed by atoms with Gasteiger partial charge in [-0.05, 0) is 19.3 Å². The SMILES string of the molecule is C[C@@H]1CN(C(=O)CCCNC(=O)NC2CCCCC2)CCS1. The minimum Gasteiger partial charge on any atom is -0.341 e. The summed E-state index contributed by atoms with van der Waals surface area (Å²) in [6, 6.07) is 0.255. The van der Waals surface area contributed by atoms with Crippen molar-refractivity contribution >= 4 is 23.7 Å². The summed E-state index contributed by atoms with van der Waals surface area (Å²) in [6.07, 6.45) is 7.15. The van der Waals surface area contributed by atoms with E-state index in [4.69, 9.17) is 0 Å². The fourth-order valence-electron chi connectivity index (χ4n) is 3.13. The molecule has 126 valence electrons. The fraction of sp³-hybridized carbons (Fsp3) is 0.875. The molecule has 2 fully saturated rings. The molecule has 2 aliphatic rings. The second-order valence-electron chi connectivity index (χ2n) is 6.36. The van der Waals surface area contributed by atoms with Gasteiger partial charge in [0.2, 0.25) is 5.91 Å². The summed E-state index contributed by atoms with van der Waals surface area (Å²) in [6.45, 7) is 4.46. The second kappa shape index (κ2) is 9.28. The van der Waals surface area contributed by atoms with Crippen LogP contribution in [0.15, 0.2) is 0 Å². The van der Waals surface area contributed by atoms with Gasteiger partial charge in [-0.25, -0.2) is 4.79 Å². The van der Waals surface area contributed by atoms with Crippen LogP contribution in [0.1, 0.15) is 51.9 Å². The van der Waals surface area contributed by atoms with E-state index in [1.165, 1.54) is 19.3 Å². The molecule has 1 saturated carbocycles. The van der Waals surface area contributed by atoms with Crippen LogP contribution >= 0.6 is 11.8 Å². The van der Waals surface area contributed by atoms with Crippen LogP contribution in [0.4, 0.5) is 4.79 Å². The van der Waals surface area contributed by atoms with Crippen molar-refractivity contribution in [2.45, 2.75) is 63.2 Å². The lowest BCUT2D eigenvalue weighted by Crippen LogP contribution is -2.43. The van der Waals surface area contributed by atoms with Crippen LogP contribution in [0, 0.1) is 0 Å². The van der Waals surface area contributed by atoms with Gasteiger partial charge in [-0.1, -0.05) is 26.2 Å². The quantitative estimate of drug-likeness (QED) is 0.762. The summed E-state index contributed by atoms with van der Waals surface area (Å²) in [4.78, 5) is 25.8. The Bertz CT molecular complexity index is 372. The highest BCUT2D eigenvalue weighted by molar-refractivity contribution is 7.99. The Hall–Kier alpha value is -0.910. The highest BCUT2D eigenvalue weighted by atomic mass is 32.2. The Kier molecular flexibility index (Phi) is 7.36. The molecule has 1 aliphatic heterocycles. The minimum atomic E-state index is -0.0812. The summed E-state index contributed by atoms with van der Waals surface area (Å²) in [5, 5.41) is 6.44. The molecule has 5 nitrogen and oxygen atoms in total. The van der Waals surface area contributed by atoms with E-state index in [-0.39, 0.29) is 11.9 Å². The molecule has 0 aromatic heterocycles. The molecule has 1 heterocycles. The maximum atomic E-state index is 12.1. The van der Waals surface area contributed by atoms with Crippen LogP contribution in [-0.4, -0.2) is 53.5 Å². The van der Waals surface area contributed by atoms with E-state index in [9.17, 15) is 9.59 Å². The van der Waals surface area contributed by atoms with Crippen LogP contribution in [0.2, 0.25) is 0 Å². The standard InChI is InChI=1S/C16H29N3O2S/c1-13-12-19(10-11-22-13)15(20)8-5-9-17-16(21)18-14-6-3-2-4-7-14/h13-14H,2-12H2,1H3,(H2,17,18,21)/t13-/m1/s1. The molecule has 1 aliphatic carbocycles. The maximum Gasteiger partial charge on any atom is 0.315 e. The number of carbonyl (C=O) groups excluding carboxylic acids is 2. The summed E-state index contributed by atoms with van der Waals surface area (Å²) < 4.78 is 0. The molecule has 1 atom stereocenters. The number of carbonyl (C=O) groups is 2. The largest absolute Gasteiger partial charge is 0.341 e. The smallest absolute Gasteiger partial charge is 0.315 e. The zero-order chi connectivity index (χ0) is 15.8. The van der Waals surface area contributed by atoms with Gasteiger partial charge in [-0.3, -0.25) is 4.79 Å². The highest BCUT2D eigenvalue weighted by Gasteiger charge is 2.20. The van der Waals surface area contributed by atoms with Gasteiger partial charge in [0, 0.05) is 43.1 Å². The fourth-order valence-corrected chi connectivity index (χ4v) is 4.14. The lowest BCUT2D eigenvalue weighted by atomic mass is 9.96. The van der Waals surface area contributed by atoms with E-state index in [2.05, 4.69) is 17.6 Å². The third-order valence-corrected chi connectivity index (χ3v) is 5.52. The molecule has 0 unspecified atom stereocenters. The molecular weight excluding hydrogens is 298 g/mol. The molecule has 2 rings (SSSR count). The molecule has 1 saturated heterocycles. The first-order valence-corrected chi connectivity index (χ1v) is 9.64. The molecule has 2 N–H and O–H groups in total. The van der Waals surface area contributed by atoms with Gasteiger partial charge in [-0.15, -0.1) is 0 Å². The van der Waals surface area contributed by atoms with Crippen LogP contribution in [0.5, 0.6) is 0 Å². The summed E-state index contributed by atoms with van der Waals surface area (Å²) in [5.41, 5.74) is 0. The Morgan fingerprint density at radius 3 is 2.73 bits per heavy atom. The van der Waals surface area contributed by atoms with Gasteiger partial charge in [0.1, 0.15) is 0 Å². The lowest BCUT2D eigenvalue weighted by molar-refractivity contribution is -0.131. The Morgan fingerprint density at radius 1 is 1.23 bits per heavy atom. The molecular formula is C16H29N3O2S. The van der Waals surface area contributed by atoms with Crippen LogP contribution in [-0.2, 0) is 4.79 Å². The Morgan fingerprint density at radius 2 is 2.00 bits per heavy atom. The van der Waals surface area contributed by atoms with E-state index in [0.717, 1.165) is 38.1 Å². The molecule has 0 aromatic carbocycles. The van der Waals surface area contributed by atoms with Crippen molar-refractivity contribution in [3.05, 3.63) is 0 Å². The van der Waals surface area contributed by atoms with Crippen molar-refractivity contribution in [3.8, 4) is 0 Å². The number of nitrogens with zero attached hydrogens (tertiary/aromatic N) is 1. The second-order valence-corrected chi connectivity index (χ2v) is 7.91. The summed E-state index contributed by atoms with van der Waals surface area (Å²) >= 11 is 1.93. The minimum absolute atomic E-state index is 0.0812. The average molecular weight is 327 g/mol.